The van der Waals surface area contributed by atoms with Gasteiger partial charge in [-0.05, 0) is 42.5 Å². The zero-order chi connectivity index (χ0) is 24.4. The third-order valence-corrected chi connectivity index (χ3v) is 6.09. The highest BCUT2D eigenvalue weighted by Crippen LogP contribution is 2.34. The van der Waals surface area contributed by atoms with Crippen LogP contribution in [0.2, 0.25) is 5.02 Å². The Bertz CT molecular complexity index is 1260. The van der Waals surface area contributed by atoms with Gasteiger partial charge in [0, 0.05) is 53.6 Å². The number of hydrogen-bond donors (Lipinski definition) is 2. The topological polar surface area (TPSA) is 106 Å². The predicted molar refractivity (Wildman–Crippen MR) is 132 cm³/mol. The van der Waals surface area contributed by atoms with Crippen molar-refractivity contribution in [2.24, 2.45) is 0 Å². The van der Waals surface area contributed by atoms with Gasteiger partial charge >= 0.3 is 0 Å². The fraction of sp³-hybridized carbons (Fsp3) is 0.280. The minimum absolute atomic E-state index is 0.0803. The number of aromatic nitrogens is 2. The third kappa shape index (κ3) is 5.27. The van der Waals surface area contributed by atoms with E-state index in [4.69, 9.17) is 21.1 Å². The molecule has 3 aromatic rings. The number of halogens is 1. The number of nitrogens with zero attached hydrogens (tertiary/aromatic N) is 3. The molecule has 2 amide bonds. The van der Waals surface area contributed by atoms with Crippen molar-refractivity contribution in [3.8, 4) is 11.3 Å². The van der Waals surface area contributed by atoms with E-state index in [0.29, 0.717) is 54.1 Å². The van der Waals surface area contributed by atoms with E-state index in [-0.39, 0.29) is 24.5 Å². The Morgan fingerprint density at radius 3 is 2.74 bits per heavy atom. The van der Waals surface area contributed by atoms with Crippen molar-refractivity contribution in [1.82, 2.24) is 14.9 Å². The largest absolute Gasteiger partial charge is 0.350 e. The van der Waals surface area contributed by atoms with E-state index in [1.165, 1.54) is 0 Å². The Labute approximate surface area is 207 Å². The predicted octanol–water partition coefficient (Wildman–Crippen LogP) is 3.87. The molecule has 2 aromatic carbocycles. The molecule has 0 radical (unpaired) electrons. The summed E-state index contributed by atoms with van der Waals surface area (Å²) >= 11 is 6.11. The van der Waals surface area contributed by atoms with Gasteiger partial charge in [-0.15, -0.1) is 0 Å². The van der Waals surface area contributed by atoms with Gasteiger partial charge < -0.3 is 25.0 Å². The lowest BCUT2D eigenvalue weighted by Gasteiger charge is -2.19. The second-order valence-electron chi connectivity index (χ2n) is 8.37. The average molecular weight is 494 g/mol. The first-order valence-corrected chi connectivity index (χ1v) is 11.7. The smallest absolute Gasteiger partial charge is 0.253 e. The van der Waals surface area contributed by atoms with Crippen LogP contribution in [0.4, 0.5) is 17.3 Å². The first-order chi connectivity index (χ1) is 17.0. The highest BCUT2D eigenvalue weighted by Gasteiger charge is 2.22. The van der Waals surface area contributed by atoms with Crippen LogP contribution in [0.3, 0.4) is 0 Å². The van der Waals surface area contributed by atoms with Gasteiger partial charge in [0.05, 0.1) is 31.0 Å². The number of benzene rings is 2. The van der Waals surface area contributed by atoms with Crippen molar-refractivity contribution in [3.63, 3.8) is 0 Å². The maximum absolute atomic E-state index is 12.7. The molecular weight excluding hydrogens is 470 g/mol. The number of nitrogens with one attached hydrogen (secondary N) is 2. The molecular formula is C25H24ClN5O4. The van der Waals surface area contributed by atoms with E-state index < -0.39 is 0 Å². The Balaban J connectivity index is 1.29. The molecule has 1 fully saturated rings. The van der Waals surface area contributed by atoms with Crippen LogP contribution in [0, 0.1) is 0 Å². The van der Waals surface area contributed by atoms with E-state index in [1.54, 1.807) is 54.5 Å². The molecule has 0 spiro atoms. The second-order valence-corrected chi connectivity index (χ2v) is 8.81. The van der Waals surface area contributed by atoms with Gasteiger partial charge in [0.1, 0.15) is 0 Å². The highest BCUT2D eigenvalue weighted by molar-refractivity contribution is 6.31. The van der Waals surface area contributed by atoms with Gasteiger partial charge in [-0.2, -0.15) is 0 Å². The van der Waals surface area contributed by atoms with Crippen molar-refractivity contribution < 1.29 is 19.1 Å². The van der Waals surface area contributed by atoms with Gasteiger partial charge in [-0.25, -0.2) is 9.97 Å². The fourth-order valence-corrected chi connectivity index (χ4v) is 4.22. The van der Waals surface area contributed by atoms with Crippen molar-refractivity contribution in [1.29, 1.82) is 0 Å². The van der Waals surface area contributed by atoms with Gasteiger partial charge in [-0.3, -0.25) is 9.59 Å². The lowest BCUT2D eigenvalue weighted by atomic mass is 10.1. The summed E-state index contributed by atoms with van der Waals surface area (Å²) < 4.78 is 10.9. The van der Waals surface area contributed by atoms with Crippen LogP contribution < -0.4 is 10.6 Å². The molecule has 1 aromatic heterocycles. The van der Waals surface area contributed by atoms with Gasteiger partial charge in [-0.1, -0.05) is 11.6 Å². The number of carbonyl (C=O) groups excluding carboxylic acids is 2. The number of hydrogen-bond acceptors (Lipinski definition) is 7. The van der Waals surface area contributed by atoms with Crippen LogP contribution in [0.15, 0.2) is 48.7 Å². The van der Waals surface area contributed by atoms with Gasteiger partial charge in [0.15, 0.2) is 6.29 Å². The Morgan fingerprint density at radius 1 is 1.20 bits per heavy atom. The summed E-state index contributed by atoms with van der Waals surface area (Å²) in [6, 6.07) is 12.4. The fourth-order valence-electron chi connectivity index (χ4n) is 4.04. The molecule has 180 valence electrons. The zero-order valence-electron chi connectivity index (χ0n) is 19.1. The summed E-state index contributed by atoms with van der Waals surface area (Å²) in [6.45, 7) is 1.73. The Kier molecular flexibility index (Phi) is 6.63. The maximum atomic E-state index is 12.7. The molecule has 0 aliphatic carbocycles. The molecule has 9 nitrogen and oxygen atoms in total. The lowest BCUT2D eigenvalue weighted by molar-refractivity contribution is -0.115. The van der Waals surface area contributed by atoms with Crippen LogP contribution in [-0.4, -0.2) is 59.8 Å². The van der Waals surface area contributed by atoms with Crippen molar-refractivity contribution in [2.45, 2.75) is 19.1 Å². The molecule has 2 N–H and O–H groups in total. The minimum Gasteiger partial charge on any atom is -0.350 e. The summed E-state index contributed by atoms with van der Waals surface area (Å²) in [5.41, 5.74) is 4.09. The zero-order valence-corrected chi connectivity index (χ0v) is 19.8. The van der Waals surface area contributed by atoms with E-state index >= 15 is 0 Å². The first kappa shape index (κ1) is 23.2. The van der Waals surface area contributed by atoms with Crippen LogP contribution in [0.5, 0.6) is 0 Å². The molecule has 0 atom stereocenters. The minimum atomic E-state index is -0.240. The molecule has 0 unspecified atom stereocenters. The quantitative estimate of drug-likeness (QED) is 0.537. The monoisotopic (exact) mass is 493 g/mol. The molecule has 5 rings (SSSR count). The van der Waals surface area contributed by atoms with Gasteiger partial charge in [0.25, 0.3) is 5.91 Å². The van der Waals surface area contributed by atoms with E-state index in [1.807, 2.05) is 6.07 Å². The van der Waals surface area contributed by atoms with Crippen LogP contribution in [-0.2, 0) is 20.7 Å². The highest BCUT2D eigenvalue weighted by atomic mass is 35.5. The summed E-state index contributed by atoms with van der Waals surface area (Å²) in [6.07, 6.45) is 2.22. The molecule has 2 aliphatic heterocycles. The first-order valence-electron chi connectivity index (χ1n) is 11.3. The van der Waals surface area contributed by atoms with E-state index in [9.17, 15) is 9.59 Å². The molecule has 10 heteroatoms. The van der Waals surface area contributed by atoms with Crippen molar-refractivity contribution in [3.05, 3.63) is 64.8 Å². The lowest BCUT2D eigenvalue weighted by Crippen LogP contribution is -2.30. The second kappa shape index (κ2) is 9.99. The number of carbonyl (C=O) groups is 2. The van der Waals surface area contributed by atoms with Gasteiger partial charge in [0.2, 0.25) is 11.9 Å². The number of ether oxygens (including phenoxy) is 2. The maximum Gasteiger partial charge on any atom is 0.253 e. The Morgan fingerprint density at radius 2 is 1.97 bits per heavy atom. The van der Waals surface area contributed by atoms with Crippen LogP contribution in [0.1, 0.15) is 22.3 Å². The normalized spacial score (nSPS) is 15.1. The molecule has 35 heavy (non-hydrogen) atoms. The molecule has 2 aliphatic rings. The Hall–Kier alpha value is -3.53. The molecule has 3 heterocycles. The van der Waals surface area contributed by atoms with E-state index in [0.717, 1.165) is 16.8 Å². The average Bonchev–Trinajstić information content (AvgIpc) is 3.33. The standard InChI is InChI=1S/C25H24ClN5O4/c1-31(9-8-22-34-10-11-35-22)24(33)15-2-5-18(6-3-15)28-25-27-14-16-12-21(32)29-20-13-17(26)4-7-19(20)23(16)30-25/h2-7,13-14,22H,8-12H2,1H3,(H,29,32)(H,27,28,30). The molecule has 0 bridgehead atoms. The van der Waals surface area contributed by atoms with Crippen LogP contribution >= 0.6 is 11.6 Å². The van der Waals surface area contributed by atoms with Crippen molar-refractivity contribution in [2.75, 3.05) is 37.4 Å². The third-order valence-electron chi connectivity index (χ3n) is 5.85. The van der Waals surface area contributed by atoms with Crippen LogP contribution in [0.25, 0.3) is 11.3 Å². The summed E-state index contributed by atoms with van der Waals surface area (Å²) in [5.74, 6) is 0.153. The number of anilines is 3. The molecule has 0 saturated carbocycles. The number of rotatable bonds is 6. The van der Waals surface area contributed by atoms with Crippen molar-refractivity contribution >= 4 is 40.7 Å². The SMILES string of the molecule is CN(CCC1OCCO1)C(=O)c1ccc(Nc2ncc3c(n2)-c2ccc(Cl)cc2NC(=O)C3)cc1. The summed E-state index contributed by atoms with van der Waals surface area (Å²) in [5, 5.41) is 6.57. The number of amides is 2. The van der Waals surface area contributed by atoms with E-state index in [2.05, 4.69) is 20.6 Å². The number of fused-ring (bicyclic) bond motifs is 3. The summed E-state index contributed by atoms with van der Waals surface area (Å²) in [4.78, 5) is 35.7. The molecule has 1 saturated heterocycles. The summed E-state index contributed by atoms with van der Waals surface area (Å²) in [7, 11) is 1.76.